The first-order chi connectivity index (χ1) is 9.69. The van der Waals surface area contributed by atoms with Crippen molar-refractivity contribution in [3.05, 3.63) is 40.7 Å². The third-order valence-corrected chi connectivity index (χ3v) is 3.71. The number of aromatic nitrogens is 1. The Labute approximate surface area is 122 Å². The van der Waals surface area contributed by atoms with Gasteiger partial charge in [0.2, 0.25) is 0 Å². The molecular weight excluding hydrogens is 272 g/mol. The van der Waals surface area contributed by atoms with Crippen molar-refractivity contribution in [1.82, 2.24) is 9.88 Å². The van der Waals surface area contributed by atoms with Crippen molar-refractivity contribution in [2.75, 3.05) is 13.1 Å². The molecule has 0 saturated carbocycles. The topological polar surface area (TPSA) is 53.4 Å². The molecule has 0 fully saturated rings. The largest absolute Gasteiger partial charge is 0.480 e. The number of hydrogen-bond acceptors (Lipinski definition) is 4. The van der Waals surface area contributed by atoms with Crippen LogP contribution >= 0.6 is 11.3 Å². The van der Waals surface area contributed by atoms with E-state index in [-0.39, 0.29) is 6.54 Å². The summed E-state index contributed by atoms with van der Waals surface area (Å²) in [6, 6.07) is 10.0. The van der Waals surface area contributed by atoms with Crippen LogP contribution < -0.4 is 0 Å². The number of aliphatic carboxylic acids is 1. The van der Waals surface area contributed by atoms with E-state index < -0.39 is 5.97 Å². The molecule has 1 N–H and O–H groups in total. The summed E-state index contributed by atoms with van der Waals surface area (Å²) in [6.07, 6.45) is 0.935. The fraction of sp³-hybridized carbons (Fsp3) is 0.333. The molecule has 0 atom stereocenters. The zero-order valence-corrected chi connectivity index (χ0v) is 12.3. The van der Waals surface area contributed by atoms with Gasteiger partial charge < -0.3 is 5.11 Å². The Bertz CT molecular complexity index is 554. The van der Waals surface area contributed by atoms with E-state index in [1.807, 2.05) is 47.5 Å². The molecule has 0 aliphatic rings. The molecule has 5 heteroatoms. The van der Waals surface area contributed by atoms with Crippen LogP contribution in [0.3, 0.4) is 0 Å². The van der Waals surface area contributed by atoms with E-state index in [2.05, 4.69) is 4.98 Å². The molecule has 20 heavy (non-hydrogen) atoms. The van der Waals surface area contributed by atoms with Crippen molar-refractivity contribution in [2.24, 2.45) is 0 Å². The summed E-state index contributed by atoms with van der Waals surface area (Å²) in [4.78, 5) is 17.3. The highest BCUT2D eigenvalue weighted by Gasteiger charge is 2.12. The lowest BCUT2D eigenvalue weighted by Gasteiger charge is -2.17. The molecular formula is C15H18N2O2S. The lowest BCUT2D eigenvalue weighted by Crippen LogP contribution is -2.30. The lowest BCUT2D eigenvalue weighted by atomic mass is 10.2. The smallest absolute Gasteiger partial charge is 0.317 e. The summed E-state index contributed by atoms with van der Waals surface area (Å²) in [5.74, 6) is -0.793. The highest BCUT2D eigenvalue weighted by molar-refractivity contribution is 7.09. The van der Waals surface area contributed by atoms with Gasteiger partial charge >= 0.3 is 5.97 Å². The Morgan fingerprint density at radius 1 is 1.35 bits per heavy atom. The van der Waals surface area contributed by atoms with Crippen LogP contribution in [0.4, 0.5) is 0 Å². The Kier molecular flexibility index (Phi) is 5.26. The first-order valence-electron chi connectivity index (χ1n) is 6.63. The predicted molar refractivity (Wildman–Crippen MR) is 80.8 cm³/mol. The van der Waals surface area contributed by atoms with Crippen molar-refractivity contribution < 1.29 is 9.90 Å². The van der Waals surface area contributed by atoms with Gasteiger partial charge in [0.05, 0.1) is 18.8 Å². The Hall–Kier alpha value is -1.72. The molecule has 4 nitrogen and oxygen atoms in total. The van der Waals surface area contributed by atoms with E-state index in [1.165, 1.54) is 0 Å². The summed E-state index contributed by atoms with van der Waals surface area (Å²) in [6.45, 7) is 3.48. The second kappa shape index (κ2) is 7.17. The molecule has 1 aromatic heterocycles. The summed E-state index contributed by atoms with van der Waals surface area (Å²) < 4.78 is 0. The van der Waals surface area contributed by atoms with Gasteiger partial charge in [0.1, 0.15) is 5.01 Å². The normalized spacial score (nSPS) is 10.9. The molecule has 0 bridgehead atoms. The van der Waals surface area contributed by atoms with Gasteiger partial charge in [0.25, 0.3) is 0 Å². The molecule has 2 aromatic rings. The second-order valence-electron chi connectivity index (χ2n) is 4.60. The summed E-state index contributed by atoms with van der Waals surface area (Å²) in [5.41, 5.74) is 2.05. The van der Waals surface area contributed by atoms with Crippen molar-refractivity contribution in [3.8, 4) is 11.3 Å². The molecule has 1 heterocycles. The average molecular weight is 290 g/mol. The molecule has 0 spiro atoms. The molecule has 106 valence electrons. The SMILES string of the molecule is CCCN(CC(=O)O)Cc1nc(-c2ccccc2)cs1. The zero-order valence-electron chi connectivity index (χ0n) is 11.5. The van der Waals surface area contributed by atoms with E-state index in [0.29, 0.717) is 6.54 Å². The Balaban J connectivity index is 2.06. The molecule has 0 saturated heterocycles. The van der Waals surface area contributed by atoms with Crippen molar-refractivity contribution in [1.29, 1.82) is 0 Å². The van der Waals surface area contributed by atoms with Gasteiger partial charge in [-0.15, -0.1) is 11.3 Å². The summed E-state index contributed by atoms with van der Waals surface area (Å²) >= 11 is 1.58. The molecule has 0 radical (unpaired) electrons. The van der Waals surface area contributed by atoms with E-state index in [1.54, 1.807) is 11.3 Å². The fourth-order valence-corrected chi connectivity index (χ4v) is 2.88. The van der Waals surface area contributed by atoms with Gasteiger partial charge in [0, 0.05) is 10.9 Å². The minimum absolute atomic E-state index is 0.0636. The zero-order chi connectivity index (χ0) is 14.4. The summed E-state index contributed by atoms with van der Waals surface area (Å²) in [5, 5.41) is 11.9. The van der Waals surface area contributed by atoms with Gasteiger partial charge in [-0.1, -0.05) is 37.3 Å². The summed E-state index contributed by atoms with van der Waals surface area (Å²) in [7, 11) is 0. The number of hydrogen-bond donors (Lipinski definition) is 1. The van der Waals surface area contributed by atoms with Gasteiger partial charge in [-0.05, 0) is 13.0 Å². The third kappa shape index (κ3) is 4.15. The first kappa shape index (κ1) is 14.7. The Morgan fingerprint density at radius 2 is 2.10 bits per heavy atom. The molecule has 0 amide bonds. The predicted octanol–water partition coefficient (Wildman–Crippen LogP) is 3.11. The van der Waals surface area contributed by atoms with Gasteiger partial charge in [-0.25, -0.2) is 4.98 Å². The molecule has 1 aromatic carbocycles. The van der Waals surface area contributed by atoms with Gasteiger partial charge in [0.15, 0.2) is 0 Å². The van der Waals surface area contributed by atoms with Crippen molar-refractivity contribution >= 4 is 17.3 Å². The standard InChI is InChI=1S/C15H18N2O2S/c1-2-8-17(10-15(18)19)9-14-16-13(11-20-14)12-6-4-3-5-7-12/h3-7,11H,2,8-10H2,1H3,(H,18,19). The van der Waals surface area contributed by atoms with Gasteiger partial charge in [-0.2, -0.15) is 0 Å². The number of carboxylic acid groups (broad SMARTS) is 1. The van der Waals surface area contributed by atoms with Crippen molar-refractivity contribution in [3.63, 3.8) is 0 Å². The van der Waals surface area contributed by atoms with Crippen LogP contribution in [-0.4, -0.2) is 34.0 Å². The Morgan fingerprint density at radius 3 is 2.75 bits per heavy atom. The van der Waals surface area contributed by atoms with Crippen LogP contribution in [0.15, 0.2) is 35.7 Å². The van der Waals surface area contributed by atoms with E-state index in [9.17, 15) is 4.79 Å². The van der Waals surface area contributed by atoms with Crippen LogP contribution in [0.5, 0.6) is 0 Å². The number of carboxylic acids is 1. The number of nitrogens with zero attached hydrogens (tertiary/aromatic N) is 2. The maximum absolute atomic E-state index is 10.8. The molecule has 2 rings (SSSR count). The monoisotopic (exact) mass is 290 g/mol. The number of thiazole rings is 1. The van der Waals surface area contributed by atoms with Gasteiger partial charge in [-0.3, -0.25) is 9.69 Å². The third-order valence-electron chi connectivity index (χ3n) is 2.88. The number of rotatable bonds is 7. The number of benzene rings is 1. The lowest BCUT2D eigenvalue weighted by molar-refractivity contribution is -0.138. The van der Waals surface area contributed by atoms with E-state index in [0.717, 1.165) is 29.2 Å². The van der Waals surface area contributed by atoms with Crippen LogP contribution in [0.25, 0.3) is 11.3 Å². The fourth-order valence-electron chi connectivity index (χ4n) is 2.04. The first-order valence-corrected chi connectivity index (χ1v) is 7.51. The van der Waals surface area contributed by atoms with Crippen LogP contribution in [0, 0.1) is 0 Å². The van der Waals surface area contributed by atoms with E-state index in [4.69, 9.17) is 5.11 Å². The number of carbonyl (C=O) groups is 1. The molecule has 0 aliphatic carbocycles. The van der Waals surface area contributed by atoms with Crippen molar-refractivity contribution in [2.45, 2.75) is 19.9 Å². The maximum Gasteiger partial charge on any atom is 0.317 e. The molecule has 0 unspecified atom stereocenters. The highest BCUT2D eigenvalue weighted by Crippen LogP contribution is 2.22. The quantitative estimate of drug-likeness (QED) is 0.851. The minimum Gasteiger partial charge on any atom is -0.480 e. The second-order valence-corrected chi connectivity index (χ2v) is 5.54. The van der Waals surface area contributed by atoms with E-state index >= 15 is 0 Å². The average Bonchev–Trinajstić information content (AvgIpc) is 2.88. The minimum atomic E-state index is -0.793. The van der Waals surface area contributed by atoms with Crippen LogP contribution in [0.1, 0.15) is 18.4 Å². The molecule has 0 aliphatic heterocycles. The van der Waals surface area contributed by atoms with Crippen LogP contribution in [-0.2, 0) is 11.3 Å². The maximum atomic E-state index is 10.8. The highest BCUT2D eigenvalue weighted by atomic mass is 32.1. The van der Waals surface area contributed by atoms with Crippen LogP contribution in [0.2, 0.25) is 0 Å².